The van der Waals surface area contributed by atoms with E-state index in [1.807, 2.05) is 0 Å². The molecular formula is C23H28FN3O2. The van der Waals surface area contributed by atoms with Gasteiger partial charge in [-0.05, 0) is 62.8 Å². The van der Waals surface area contributed by atoms with E-state index in [0.717, 1.165) is 51.6 Å². The average Bonchev–Trinajstić information content (AvgIpc) is 2.75. The number of rotatable bonds is 4. The van der Waals surface area contributed by atoms with Crippen molar-refractivity contribution in [2.24, 2.45) is 0 Å². The second kappa shape index (κ2) is 9.01. The van der Waals surface area contributed by atoms with E-state index < -0.39 is 0 Å². The first-order valence-corrected chi connectivity index (χ1v) is 10.5. The van der Waals surface area contributed by atoms with Gasteiger partial charge >= 0.3 is 0 Å². The van der Waals surface area contributed by atoms with Gasteiger partial charge in [-0.1, -0.05) is 12.1 Å². The van der Waals surface area contributed by atoms with Crippen molar-refractivity contribution >= 4 is 5.91 Å². The first-order chi connectivity index (χ1) is 14.1. The third kappa shape index (κ3) is 5.00. The molecule has 4 rings (SSSR count). The number of carbonyl (C=O) groups excluding carboxylic acids is 1. The number of benzene rings is 1. The van der Waals surface area contributed by atoms with Crippen LogP contribution in [0.2, 0.25) is 0 Å². The smallest absolute Gasteiger partial charge is 0.253 e. The Bertz CT molecular complexity index is 826. The molecule has 154 valence electrons. The lowest BCUT2D eigenvalue weighted by molar-refractivity contribution is 0.0470. The van der Waals surface area contributed by atoms with Gasteiger partial charge in [0.1, 0.15) is 5.82 Å². The van der Waals surface area contributed by atoms with E-state index in [9.17, 15) is 14.3 Å². The summed E-state index contributed by atoms with van der Waals surface area (Å²) in [6, 6.07) is 10.5. The Balaban J connectivity index is 1.29. The highest BCUT2D eigenvalue weighted by atomic mass is 19.1. The fraction of sp³-hybridized carbons (Fsp3) is 0.478. The molecule has 0 bridgehead atoms. The Kier molecular flexibility index (Phi) is 6.21. The number of halogens is 1. The van der Waals surface area contributed by atoms with E-state index in [2.05, 4.69) is 15.2 Å². The predicted molar refractivity (Wildman–Crippen MR) is 110 cm³/mol. The maximum Gasteiger partial charge on any atom is 0.253 e. The molecule has 6 heteroatoms. The van der Waals surface area contributed by atoms with Crippen molar-refractivity contribution in [1.29, 1.82) is 0 Å². The van der Waals surface area contributed by atoms with Crippen LogP contribution < -0.4 is 5.32 Å². The number of amides is 1. The standard InChI is InChI=1S/C23H28FN3O2/c24-18-3-1-2-16(14-18)22-9-4-17(15-25-22)23(29)26-19-5-7-20(8-6-19)27-12-10-21(28)11-13-27/h1-4,9,14-15,19-21,28H,5-8,10-13H2,(H,26,29). The molecule has 2 aromatic rings. The van der Waals surface area contributed by atoms with Crippen molar-refractivity contribution < 1.29 is 14.3 Å². The van der Waals surface area contributed by atoms with Gasteiger partial charge in [-0.25, -0.2) is 4.39 Å². The number of likely N-dealkylation sites (tertiary alicyclic amines) is 1. The molecule has 5 nitrogen and oxygen atoms in total. The zero-order chi connectivity index (χ0) is 20.2. The Labute approximate surface area is 171 Å². The maximum absolute atomic E-state index is 13.4. The number of aliphatic hydroxyl groups excluding tert-OH is 1. The number of nitrogens with zero attached hydrogens (tertiary/aromatic N) is 2. The molecule has 0 atom stereocenters. The number of pyridine rings is 1. The number of carbonyl (C=O) groups is 1. The van der Waals surface area contributed by atoms with Gasteiger partial charge in [0.2, 0.25) is 0 Å². The van der Waals surface area contributed by atoms with Crippen molar-refractivity contribution in [3.05, 3.63) is 54.0 Å². The Hall–Kier alpha value is -2.31. The van der Waals surface area contributed by atoms with Gasteiger partial charge in [0.05, 0.1) is 17.4 Å². The molecule has 2 heterocycles. The molecule has 1 aliphatic carbocycles. The number of piperidine rings is 1. The molecule has 1 saturated heterocycles. The Morgan fingerprint density at radius 3 is 2.48 bits per heavy atom. The lowest BCUT2D eigenvalue weighted by Crippen LogP contribution is -2.47. The normalized spacial score (nSPS) is 23.7. The minimum atomic E-state index is -0.303. The van der Waals surface area contributed by atoms with Gasteiger partial charge in [-0.2, -0.15) is 0 Å². The molecule has 2 N–H and O–H groups in total. The highest BCUT2D eigenvalue weighted by molar-refractivity contribution is 5.94. The minimum absolute atomic E-state index is 0.104. The van der Waals surface area contributed by atoms with Crippen LogP contribution in [0.5, 0.6) is 0 Å². The largest absolute Gasteiger partial charge is 0.393 e. The molecule has 0 radical (unpaired) electrons. The lowest BCUT2D eigenvalue weighted by Gasteiger charge is -2.40. The Morgan fingerprint density at radius 2 is 1.83 bits per heavy atom. The van der Waals surface area contributed by atoms with Crippen molar-refractivity contribution in [1.82, 2.24) is 15.2 Å². The van der Waals surface area contributed by atoms with Crippen molar-refractivity contribution in [2.75, 3.05) is 13.1 Å². The van der Waals surface area contributed by atoms with E-state index in [0.29, 0.717) is 22.9 Å². The van der Waals surface area contributed by atoms with Gasteiger partial charge in [0.25, 0.3) is 5.91 Å². The molecule has 1 saturated carbocycles. The number of hydrogen-bond donors (Lipinski definition) is 2. The number of aliphatic hydroxyl groups is 1. The summed E-state index contributed by atoms with van der Waals surface area (Å²) in [6.07, 6.45) is 7.28. The minimum Gasteiger partial charge on any atom is -0.393 e. The lowest BCUT2D eigenvalue weighted by atomic mass is 9.89. The number of hydrogen-bond acceptors (Lipinski definition) is 4. The van der Waals surface area contributed by atoms with Crippen LogP contribution >= 0.6 is 0 Å². The van der Waals surface area contributed by atoms with Crippen LogP contribution in [0.25, 0.3) is 11.3 Å². The number of nitrogens with one attached hydrogen (secondary N) is 1. The van der Waals surface area contributed by atoms with Crippen LogP contribution in [0, 0.1) is 5.82 Å². The molecule has 1 aromatic carbocycles. The maximum atomic E-state index is 13.4. The summed E-state index contributed by atoms with van der Waals surface area (Å²) in [5.41, 5.74) is 1.87. The SMILES string of the molecule is O=C(NC1CCC(N2CCC(O)CC2)CC1)c1ccc(-c2cccc(F)c2)nc1. The van der Waals surface area contributed by atoms with Crippen LogP contribution in [-0.2, 0) is 0 Å². The fourth-order valence-electron chi connectivity index (χ4n) is 4.45. The summed E-state index contributed by atoms with van der Waals surface area (Å²) in [6.45, 7) is 1.96. The predicted octanol–water partition coefficient (Wildman–Crippen LogP) is 3.39. The molecule has 2 fully saturated rings. The van der Waals surface area contributed by atoms with Crippen LogP contribution in [-0.4, -0.2) is 52.2 Å². The average molecular weight is 397 g/mol. The van der Waals surface area contributed by atoms with Crippen molar-refractivity contribution in [3.63, 3.8) is 0 Å². The third-order valence-corrected chi connectivity index (χ3v) is 6.19. The highest BCUT2D eigenvalue weighted by Gasteiger charge is 2.29. The first kappa shape index (κ1) is 20.0. The van der Waals surface area contributed by atoms with E-state index in [4.69, 9.17) is 0 Å². The summed E-state index contributed by atoms with van der Waals surface area (Å²) >= 11 is 0. The monoisotopic (exact) mass is 397 g/mol. The summed E-state index contributed by atoms with van der Waals surface area (Å²) in [4.78, 5) is 19.4. The van der Waals surface area contributed by atoms with E-state index in [1.54, 1.807) is 30.5 Å². The summed E-state index contributed by atoms with van der Waals surface area (Å²) in [5.74, 6) is -0.407. The van der Waals surface area contributed by atoms with Crippen LogP contribution in [0.15, 0.2) is 42.6 Å². The second-order valence-corrected chi connectivity index (χ2v) is 8.19. The van der Waals surface area contributed by atoms with Crippen LogP contribution in [0.4, 0.5) is 4.39 Å². The van der Waals surface area contributed by atoms with E-state index in [1.165, 1.54) is 12.1 Å². The van der Waals surface area contributed by atoms with Crippen LogP contribution in [0.3, 0.4) is 0 Å². The third-order valence-electron chi connectivity index (χ3n) is 6.19. The molecular weight excluding hydrogens is 369 g/mol. The van der Waals surface area contributed by atoms with Gasteiger partial charge in [-0.15, -0.1) is 0 Å². The Morgan fingerprint density at radius 1 is 1.07 bits per heavy atom. The molecule has 0 unspecified atom stereocenters. The highest BCUT2D eigenvalue weighted by Crippen LogP contribution is 2.26. The van der Waals surface area contributed by atoms with Crippen molar-refractivity contribution in [2.45, 2.75) is 56.7 Å². The van der Waals surface area contributed by atoms with Gasteiger partial charge < -0.3 is 15.3 Å². The first-order valence-electron chi connectivity index (χ1n) is 10.5. The second-order valence-electron chi connectivity index (χ2n) is 8.19. The molecule has 29 heavy (non-hydrogen) atoms. The van der Waals surface area contributed by atoms with Gasteiger partial charge in [0, 0.05) is 36.9 Å². The van der Waals surface area contributed by atoms with Gasteiger partial charge in [-0.3, -0.25) is 9.78 Å². The molecule has 0 spiro atoms. The molecule has 1 amide bonds. The van der Waals surface area contributed by atoms with E-state index >= 15 is 0 Å². The molecule has 2 aliphatic rings. The summed E-state index contributed by atoms with van der Waals surface area (Å²) < 4.78 is 13.4. The molecule has 1 aromatic heterocycles. The van der Waals surface area contributed by atoms with Gasteiger partial charge in [0.15, 0.2) is 0 Å². The fourth-order valence-corrected chi connectivity index (χ4v) is 4.45. The topological polar surface area (TPSA) is 65.5 Å². The number of aromatic nitrogens is 1. The summed E-state index contributed by atoms with van der Waals surface area (Å²) in [7, 11) is 0. The zero-order valence-corrected chi connectivity index (χ0v) is 16.6. The molecule has 1 aliphatic heterocycles. The zero-order valence-electron chi connectivity index (χ0n) is 16.6. The van der Waals surface area contributed by atoms with Crippen LogP contribution in [0.1, 0.15) is 48.9 Å². The quantitative estimate of drug-likeness (QED) is 0.830. The summed E-state index contributed by atoms with van der Waals surface area (Å²) in [5, 5.41) is 12.8. The van der Waals surface area contributed by atoms with Crippen molar-refractivity contribution in [3.8, 4) is 11.3 Å². The van der Waals surface area contributed by atoms with E-state index in [-0.39, 0.29) is 23.9 Å².